The maximum Gasteiger partial charge on any atom is 0.305 e. The zero-order chi connectivity index (χ0) is 27.2. The van der Waals surface area contributed by atoms with E-state index in [-0.39, 0.29) is 12.3 Å². The highest BCUT2D eigenvalue weighted by atomic mass is 32.2. The fourth-order valence-electron chi connectivity index (χ4n) is 4.55. The molecule has 1 aliphatic rings. The highest BCUT2D eigenvalue weighted by Crippen LogP contribution is 2.25. The van der Waals surface area contributed by atoms with Crippen molar-refractivity contribution in [1.82, 2.24) is 9.42 Å². The number of carboxylic acid groups (broad SMARTS) is 1. The van der Waals surface area contributed by atoms with Crippen LogP contribution >= 0.6 is 0 Å². The Morgan fingerprint density at radius 1 is 1.05 bits per heavy atom. The number of hydrogen-bond acceptors (Lipinski definition) is 6. The molecule has 1 saturated heterocycles. The summed E-state index contributed by atoms with van der Waals surface area (Å²) < 4.78 is 24.6. The van der Waals surface area contributed by atoms with E-state index in [9.17, 15) is 18.4 Å². The van der Waals surface area contributed by atoms with Crippen molar-refractivity contribution in [2.45, 2.75) is 26.3 Å². The second-order valence-electron chi connectivity index (χ2n) is 9.13. The van der Waals surface area contributed by atoms with Crippen molar-refractivity contribution in [2.24, 2.45) is 0 Å². The van der Waals surface area contributed by atoms with Crippen LogP contribution in [0.5, 0.6) is 0 Å². The van der Waals surface area contributed by atoms with Gasteiger partial charge in [-0.25, -0.2) is 5.01 Å². The van der Waals surface area contributed by atoms with Gasteiger partial charge < -0.3 is 19.9 Å². The molecule has 1 aliphatic heterocycles. The van der Waals surface area contributed by atoms with Gasteiger partial charge in [-0.15, -0.1) is 0 Å². The lowest BCUT2D eigenvalue weighted by Crippen LogP contribution is -2.57. The van der Waals surface area contributed by atoms with Crippen LogP contribution in [0.2, 0.25) is 0 Å². The Balaban J connectivity index is 1.41. The summed E-state index contributed by atoms with van der Waals surface area (Å²) in [5.74, 6) is 5.23. The molecule has 1 heterocycles. The number of fused-ring (bicyclic) bond motifs is 1. The first-order chi connectivity index (χ1) is 18.2. The number of aliphatic carboxylic acids is 1. The van der Waals surface area contributed by atoms with Crippen molar-refractivity contribution in [3.05, 3.63) is 71.8 Å². The van der Waals surface area contributed by atoms with Crippen LogP contribution in [0.25, 0.3) is 10.8 Å². The molecule has 3 aromatic rings. The Kier molecular flexibility index (Phi) is 8.76. The summed E-state index contributed by atoms with van der Waals surface area (Å²) in [6.45, 7) is 5.21. The van der Waals surface area contributed by atoms with Crippen molar-refractivity contribution in [3.8, 4) is 11.8 Å². The van der Waals surface area contributed by atoms with E-state index in [1.54, 1.807) is 11.9 Å². The molecule has 0 bridgehead atoms. The van der Waals surface area contributed by atoms with Crippen LogP contribution in [0.3, 0.4) is 0 Å². The van der Waals surface area contributed by atoms with E-state index in [4.69, 9.17) is 5.11 Å². The number of carbonyl (C=O) groups is 2. The third-order valence-corrected chi connectivity index (χ3v) is 7.21. The molecular weight excluding hydrogens is 504 g/mol. The van der Waals surface area contributed by atoms with Crippen molar-refractivity contribution >= 4 is 45.3 Å². The van der Waals surface area contributed by atoms with Crippen LogP contribution in [0.4, 0.5) is 11.4 Å². The maximum atomic E-state index is 11.7. The van der Waals surface area contributed by atoms with E-state index in [1.165, 1.54) is 6.92 Å². The Bertz CT molecular complexity index is 1410. The molecule has 198 valence electrons. The van der Waals surface area contributed by atoms with Gasteiger partial charge in [0.2, 0.25) is 5.91 Å². The van der Waals surface area contributed by atoms with Gasteiger partial charge in [0.1, 0.15) is 0 Å². The summed E-state index contributed by atoms with van der Waals surface area (Å²) in [5.41, 5.74) is 3.46. The van der Waals surface area contributed by atoms with Crippen LogP contribution < -0.4 is 10.2 Å². The van der Waals surface area contributed by atoms with Crippen LogP contribution in [0, 0.1) is 11.8 Å². The van der Waals surface area contributed by atoms with E-state index >= 15 is 0 Å². The quantitative estimate of drug-likeness (QED) is 0.354. The first-order valence-corrected chi connectivity index (χ1v) is 13.3. The van der Waals surface area contributed by atoms with Gasteiger partial charge in [0.15, 0.2) is 0 Å². The molecule has 0 spiro atoms. The molecule has 2 unspecified atom stereocenters. The van der Waals surface area contributed by atoms with Gasteiger partial charge in [-0.05, 0) is 54.8 Å². The van der Waals surface area contributed by atoms with Gasteiger partial charge >= 0.3 is 5.97 Å². The smallest absolute Gasteiger partial charge is 0.305 e. The topological polar surface area (TPSA) is 116 Å². The van der Waals surface area contributed by atoms with Gasteiger partial charge in [-0.1, -0.05) is 30.0 Å². The Hall–Kier alpha value is -3.75. The molecule has 0 saturated carbocycles. The van der Waals surface area contributed by atoms with Gasteiger partial charge in [-0.2, -0.15) is 4.41 Å². The number of rotatable bonds is 7. The SMILES string of the molecule is CC(=O)Nc1cccc2ccc(C#Cc3ccc(N4CCN(N(C(C)CC(=O)O)S(=O)[O-])CC4)cc3)cc12. The molecule has 38 heavy (non-hydrogen) atoms. The number of nitrogens with zero attached hydrogens (tertiary/aromatic N) is 3. The second kappa shape index (κ2) is 12.2. The van der Waals surface area contributed by atoms with E-state index < -0.39 is 23.3 Å². The number of carbonyl (C=O) groups excluding carboxylic acids is 1. The lowest BCUT2D eigenvalue weighted by Gasteiger charge is -2.44. The predicted molar refractivity (Wildman–Crippen MR) is 147 cm³/mol. The fraction of sp³-hybridized carbons (Fsp3) is 0.286. The maximum absolute atomic E-state index is 11.7. The predicted octanol–water partition coefficient (Wildman–Crippen LogP) is 3.19. The number of anilines is 2. The summed E-state index contributed by atoms with van der Waals surface area (Å²) in [6, 6.07) is 18.9. The molecule has 0 aromatic heterocycles. The number of amides is 1. The third-order valence-electron chi connectivity index (χ3n) is 6.31. The summed E-state index contributed by atoms with van der Waals surface area (Å²) in [5, 5.41) is 15.5. The largest absolute Gasteiger partial charge is 0.759 e. The monoisotopic (exact) mass is 533 g/mol. The van der Waals surface area contributed by atoms with Gasteiger partial charge in [0.05, 0.1) is 6.42 Å². The Morgan fingerprint density at radius 3 is 2.34 bits per heavy atom. The molecule has 1 fully saturated rings. The van der Waals surface area contributed by atoms with Gasteiger partial charge in [0, 0.05) is 78.3 Å². The van der Waals surface area contributed by atoms with E-state index in [0.717, 1.165) is 37.7 Å². The zero-order valence-corrected chi connectivity index (χ0v) is 22.0. The van der Waals surface area contributed by atoms with Crippen LogP contribution in [-0.4, -0.2) is 67.4 Å². The van der Waals surface area contributed by atoms with Crippen molar-refractivity contribution in [1.29, 1.82) is 0 Å². The molecule has 2 N–H and O–H groups in total. The van der Waals surface area contributed by atoms with Crippen molar-refractivity contribution in [2.75, 3.05) is 36.4 Å². The molecule has 10 heteroatoms. The molecule has 3 aromatic carbocycles. The molecule has 2 atom stereocenters. The molecule has 0 radical (unpaired) electrons. The number of nitrogens with one attached hydrogen (secondary N) is 1. The van der Waals surface area contributed by atoms with E-state index in [1.807, 2.05) is 60.7 Å². The van der Waals surface area contributed by atoms with E-state index in [2.05, 4.69) is 22.1 Å². The van der Waals surface area contributed by atoms with Crippen LogP contribution in [0.1, 0.15) is 31.4 Å². The van der Waals surface area contributed by atoms with Crippen LogP contribution in [0.15, 0.2) is 60.7 Å². The average molecular weight is 534 g/mol. The standard InChI is InChI=1S/C28H30N4O5S/c1-20(18-28(34)35)32(38(36)37)31-16-14-30(15-17-31)25-12-9-22(10-13-25)6-7-23-8-11-24-4-3-5-27(26(24)19-23)29-21(2)33/h3-5,8-13,19-20H,14-18H2,1-2H3,(H,29,33)(H,34,35)(H,36,37)/p-1. The molecule has 9 nitrogen and oxygen atoms in total. The summed E-state index contributed by atoms with van der Waals surface area (Å²) >= 11 is -2.54. The minimum Gasteiger partial charge on any atom is -0.759 e. The number of hydrogen-bond donors (Lipinski definition) is 2. The van der Waals surface area contributed by atoms with Gasteiger partial charge in [-0.3, -0.25) is 13.8 Å². The summed E-state index contributed by atoms with van der Waals surface area (Å²) in [6.07, 6.45) is -0.258. The highest BCUT2D eigenvalue weighted by molar-refractivity contribution is 7.76. The van der Waals surface area contributed by atoms with Crippen molar-refractivity contribution in [3.63, 3.8) is 0 Å². The molecule has 1 amide bonds. The summed E-state index contributed by atoms with van der Waals surface area (Å²) in [7, 11) is 0. The third kappa shape index (κ3) is 6.76. The van der Waals surface area contributed by atoms with E-state index in [0.29, 0.717) is 26.2 Å². The number of hydrazine groups is 1. The number of piperazine rings is 1. The van der Waals surface area contributed by atoms with Crippen LogP contribution in [-0.2, 0) is 20.9 Å². The number of benzene rings is 3. The first-order valence-electron chi connectivity index (χ1n) is 12.2. The average Bonchev–Trinajstić information content (AvgIpc) is 2.87. The number of carboxylic acids is 1. The van der Waals surface area contributed by atoms with Crippen molar-refractivity contribution < 1.29 is 23.5 Å². The summed E-state index contributed by atoms with van der Waals surface area (Å²) in [4.78, 5) is 24.7. The highest BCUT2D eigenvalue weighted by Gasteiger charge is 2.28. The lowest BCUT2D eigenvalue weighted by atomic mass is 10.0. The Labute approximate surface area is 224 Å². The molecule has 4 rings (SSSR count). The zero-order valence-electron chi connectivity index (χ0n) is 21.2. The minimum atomic E-state index is -2.54. The Morgan fingerprint density at radius 2 is 1.71 bits per heavy atom. The first kappa shape index (κ1) is 27.3. The molecular formula is C28H29N4O5S-. The second-order valence-corrected chi connectivity index (χ2v) is 9.94. The lowest BCUT2D eigenvalue weighted by molar-refractivity contribution is -0.139. The minimum absolute atomic E-state index is 0.124. The molecule has 0 aliphatic carbocycles. The fourth-order valence-corrected chi connectivity index (χ4v) is 5.27. The normalized spacial score (nSPS) is 15.5. The van der Waals surface area contributed by atoms with Gasteiger partial charge in [0.25, 0.3) is 0 Å².